The third kappa shape index (κ3) is 2.47. The number of hydrogen-bond acceptors (Lipinski definition) is 4. The van der Waals surface area contributed by atoms with Crippen LogP contribution in [0.1, 0.15) is 36.4 Å². The van der Waals surface area contributed by atoms with Crippen molar-refractivity contribution in [3.8, 4) is 0 Å². The third-order valence-corrected chi connectivity index (χ3v) is 3.39. The summed E-state index contributed by atoms with van der Waals surface area (Å²) in [6.45, 7) is 0.619. The molecule has 1 aliphatic carbocycles. The van der Waals surface area contributed by atoms with Crippen molar-refractivity contribution in [1.82, 2.24) is 9.97 Å². The highest BCUT2D eigenvalue weighted by atomic mass is 32.2. The summed E-state index contributed by atoms with van der Waals surface area (Å²) in [6.07, 6.45) is 5.86. The van der Waals surface area contributed by atoms with Crippen LogP contribution in [0, 0.1) is 0 Å². The molecule has 3 N–H and O–H groups in total. The van der Waals surface area contributed by atoms with Gasteiger partial charge in [-0.3, -0.25) is 4.79 Å². The van der Waals surface area contributed by atoms with Crippen LogP contribution in [0.25, 0.3) is 0 Å². The molecule has 1 aromatic rings. The number of H-pyrrole nitrogens is 1. The number of thioether (sulfide) groups is 1. The summed E-state index contributed by atoms with van der Waals surface area (Å²) >= 11 is 1.48. The van der Waals surface area contributed by atoms with Gasteiger partial charge in [0.2, 0.25) is 0 Å². The fourth-order valence-corrected chi connectivity index (χ4v) is 2.19. The number of aromatic nitrogens is 2. The molecule has 1 heterocycles. The van der Waals surface area contributed by atoms with Gasteiger partial charge in [0.15, 0.2) is 5.16 Å². The summed E-state index contributed by atoms with van der Waals surface area (Å²) in [5, 5.41) is 0.725. The molecule has 0 amide bonds. The number of nitrogens with zero attached hydrogens (tertiary/aromatic N) is 1. The molecule has 16 heavy (non-hydrogen) atoms. The summed E-state index contributed by atoms with van der Waals surface area (Å²) in [7, 11) is 0. The summed E-state index contributed by atoms with van der Waals surface area (Å²) in [4.78, 5) is 19.3. The lowest BCUT2D eigenvalue weighted by molar-refractivity contribution is 0.763. The maximum atomic E-state index is 11.9. The van der Waals surface area contributed by atoms with E-state index in [2.05, 4.69) is 9.97 Å². The van der Waals surface area contributed by atoms with Gasteiger partial charge in [-0.15, -0.1) is 0 Å². The van der Waals surface area contributed by atoms with Gasteiger partial charge in [-0.25, -0.2) is 4.98 Å². The third-order valence-electron chi connectivity index (χ3n) is 2.81. The van der Waals surface area contributed by atoms with Crippen LogP contribution in [0.5, 0.6) is 0 Å². The highest BCUT2D eigenvalue weighted by Crippen LogP contribution is 2.40. The zero-order chi connectivity index (χ0) is 11.5. The van der Waals surface area contributed by atoms with Crippen molar-refractivity contribution in [1.29, 1.82) is 0 Å². The molecular weight excluding hydrogens is 222 g/mol. The van der Waals surface area contributed by atoms with Crippen molar-refractivity contribution < 1.29 is 0 Å². The van der Waals surface area contributed by atoms with E-state index in [1.54, 1.807) is 0 Å². The molecule has 0 unspecified atom stereocenters. The average Bonchev–Trinajstić information content (AvgIpc) is 3.10. The Balaban J connectivity index is 2.36. The van der Waals surface area contributed by atoms with Crippen LogP contribution < -0.4 is 11.3 Å². The number of hydrogen-bond donors (Lipinski definition) is 2. The molecule has 1 aromatic heterocycles. The van der Waals surface area contributed by atoms with Crippen molar-refractivity contribution in [2.24, 2.45) is 5.73 Å². The summed E-state index contributed by atoms with van der Waals surface area (Å²) in [6, 6.07) is 0. The largest absolute Gasteiger partial charge is 0.330 e. The molecule has 2 rings (SSSR count). The summed E-state index contributed by atoms with van der Waals surface area (Å²) < 4.78 is 0. The van der Waals surface area contributed by atoms with E-state index in [0.29, 0.717) is 12.5 Å². The first kappa shape index (κ1) is 11.7. The number of nitrogens with one attached hydrogen (secondary N) is 1. The second kappa shape index (κ2) is 5.01. The van der Waals surface area contributed by atoms with Gasteiger partial charge in [0.1, 0.15) is 0 Å². The highest BCUT2D eigenvalue weighted by Gasteiger charge is 2.29. The van der Waals surface area contributed by atoms with E-state index in [0.717, 1.165) is 29.3 Å². The zero-order valence-corrected chi connectivity index (χ0v) is 10.3. The molecule has 1 fully saturated rings. The van der Waals surface area contributed by atoms with Gasteiger partial charge in [-0.05, 0) is 38.5 Å². The Morgan fingerprint density at radius 2 is 2.31 bits per heavy atom. The smallest absolute Gasteiger partial charge is 0.254 e. The Hall–Kier alpha value is -0.810. The Bertz CT molecular complexity index is 426. The Morgan fingerprint density at radius 1 is 1.56 bits per heavy atom. The fourth-order valence-electron chi connectivity index (χ4n) is 1.81. The Labute approximate surface area is 99.0 Å². The Kier molecular flexibility index (Phi) is 3.66. The Morgan fingerprint density at radius 3 is 2.88 bits per heavy atom. The minimum Gasteiger partial charge on any atom is -0.330 e. The predicted molar refractivity (Wildman–Crippen MR) is 66.0 cm³/mol. The van der Waals surface area contributed by atoms with Crippen molar-refractivity contribution in [2.75, 3.05) is 12.8 Å². The van der Waals surface area contributed by atoms with Crippen LogP contribution in [0.2, 0.25) is 0 Å². The predicted octanol–water partition coefficient (Wildman–Crippen LogP) is 1.26. The molecular formula is C11H17N3OS. The van der Waals surface area contributed by atoms with Gasteiger partial charge in [0.25, 0.3) is 5.56 Å². The van der Waals surface area contributed by atoms with E-state index < -0.39 is 0 Å². The van der Waals surface area contributed by atoms with E-state index in [4.69, 9.17) is 5.73 Å². The van der Waals surface area contributed by atoms with Crippen molar-refractivity contribution >= 4 is 11.8 Å². The molecule has 0 bridgehead atoms. The van der Waals surface area contributed by atoms with Gasteiger partial charge in [0.05, 0.1) is 5.69 Å². The molecule has 4 nitrogen and oxygen atoms in total. The topological polar surface area (TPSA) is 71.8 Å². The lowest BCUT2D eigenvalue weighted by Crippen LogP contribution is -2.19. The second-order valence-corrected chi connectivity index (χ2v) is 4.90. The first-order valence-corrected chi connectivity index (χ1v) is 6.86. The molecule has 0 aliphatic heterocycles. The van der Waals surface area contributed by atoms with Gasteiger partial charge < -0.3 is 10.7 Å². The highest BCUT2D eigenvalue weighted by molar-refractivity contribution is 7.98. The van der Waals surface area contributed by atoms with Crippen LogP contribution in [-0.4, -0.2) is 22.8 Å². The van der Waals surface area contributed by atoms with E-state index in [1.165, 1.54) is 24.6 Å². The van der Waals surface area contributed by atoms with Gasteiger partial charge >= 0.3 is 0 Å². The van der Waals surface area contributed by atoms with E-state index in [-0.39, 0.29) is 5.56 Å². The molecule has 5 heteroatoms. The molecule has 0 aromatic carbocycles. The lowest BCUT2D eigenvalue weighted by atomic mass is 10.1. The molecule has 1 aliphatic rings. The van der Waals surface area contributed by atoms with Crippen LogP contribution >= 0.6 is 11.8 Å². The van der Waals surface area contributed by atoms with Gasteiger partial charge in [-0.2, -0.15) is 0 Å². The van der Waals surface area contributed by atoms with Crippen molar-refractivity contribution in [3.05, 3.63) is 21.6 Å². The van der Waals surface area contributed by atoms with Gasteiger partial charge in [0, 0.05) is 11.5 Å². The zero-order valence-electron chi connectivity index (χ0n) is 9.45. The standard InChI is InChI=1S/C11H17N3OS/c1-16-11-13-9(7-4-5-7)8(3-2-6-12)10(15)14-11/h7H,2-6,12H2,1H3,(H,13,14,15). The normalized spacial score (nSPS) is 15.4. The van der Waals surface area contributed by atoms with Crippen molar-refractivity contribution in [2.45, 2.75) is 36.8 Å². The first-order chi connectivity index (χ1) is 7.76. The lowest BCUT2D eigenvalue weighted by Gasteiger charge is -2.07. The van der Waals surface area contributed by atoms with Crippen molar-refractivity contribution in [3.63, 3.8) is 0 Å². The molecule has 0 atom stereocenters. The summed E-state index contributed by atoms with van der Waals surface area (Å²) in [5.41, 5.74) is 7.38. The van der Waals surface area contributed by atoms with Crippen LogP contribution in [0.3, 0.4) is 0 Å². The molecule has 0 saturated heterocycles. The number of nitrogens with two attached hydrogens (primary N) is 1. The maximum absolute atomic E-state index is 11.9. The fraction of sp³-hybridized carbons (Fsp3) is 0.636. The molecule has 0 radical (unpaired) electrons. The molecule has 88 valence electrons. The quantitative estimate of drug-likeness (QED) is 0.599. The second-order valence-electron chi connectivity index (χ2n) is 4.11. The first-order valence-electron chi connectivity index (χ1n) is 5.63. The number of aromatic amines is 1. The van der Waals surface area contributed by atoms with E-state index >= 15 is 0 Å². The minimum atomic E-state index is 0.0229. The number of rotatable bonds is 5. The SMILES string of the molecule is CSc1nc(C2CC2)c(CCCN)c(=O)[nH]1. The van der Waals surface area contributed by atoms with E-state index in [9.17, 15) is 4.79 Å². The maximum Gasteiger partial charge on any atom is 0.254 e. The van der Waals surface area contributed by atoms with E-state index in [1.807, 2.05) is 6.26 Å². The summed E-state index contributed by atoms with van der Waals surface area (Å²) in [5.74, 6) is 0.515. The average molecular weight is 239 g/mol. The van der Waals surface area contributed by atoms with Crippen LogP contribution in [0.15, 0.2) is 9.95 Å². The molecule has 0 spiro atoms. The van der Waals surface area contributed by atoms with Crippen LogP contribution in [0.4, 0.5) is 0 Å². The monoisotopic (exact) mass is 239 g/mol. The van der Waals surface area contributed by atoms with Crippen LogP contribution in [-0.2, 0) is 6.42 Å². The molecule has 1 saturated carbocycles. The minimum absolute atomic E-state index is 0.0229. The van der Waals surface area contributed by atoms with Gasteiger partial charge in [-0.1, -0.05) is 11.8 Å².